The third-order valence-corrected chi connectivity index (χ3v) is 3.64. The summed E-state index contributed by atoms with van der Waals surface area (Å²) in [6.45, 7) is 8.16. The molecule has 0 spiro atoms. The molecule has 1 rings (SSSR count). The number of hydrogen-bond donors (Lipinski definition) is 1. The molecule has 0 aromatic rings. The Labute approximate surface area is 99.4 Å². The van der Waals surface area contributed by atoms with Crippen molar-refractivity contribution in [3.8, 4) is 0 Å². The maximum Gasteiger partial charge on any atom is 0.222 e. The van der Waals surface area contributed by atoms with Crippen molar-refractivity contribution in [2.24, 2.45) is 17.6 Å². The fraction of sp³-hybridized carbons (Fsp3) is 0.923. The molecule has 0 radical (unpaired) electrons. The fourth-order valence-corrected chi connectivity index (χ4v) is 2.43. The third kappa shape index (κ3) is 3.48. The molecule has 0 aromatic carbocycles. The van der Waals surface area contributed by atoms with Gasteiger partial charge in [0.1, 0.15) is 0 Å². The number of nitrogens with zero attached hydrogens (tertiary/aromatic N) is 1. The Kier molecular flexibility index (Phi) is 5.26. The van der Waals surface area contributed by atoms with E-state index >= 15 is 0 Å². The van der Waals surface area contributed by atoms with Crippen molar-refractivity contribution < 1.29 is 4.79 Å². The summed E-state index contributed by atoms with van der Waals surface area (Å²) in [5.74, 6) is 1.37. The molecule has 2 unspecified atom stereocenters. The van der Waals surface area contributed by atoms with Gasteiger partial charge in [0.15, 0.2) is 0 Å². The maximum atomic E-state index is 12.1. The lowest BCUT2D eigenvalue weighted by molar-refractivity contribution is -0.133. The molecule has 1 aliphatic heterocycles. The van der Waals surface area contributed by atoms with Crippen LogP contribution in [0.2, 0.25) is 0 Å². The highest BCUT2D eigenvalue weighted by molar-refractivity contribution is 5.76. The normalized spacial score (nSPS) is 22.8. The summed E-state index contributed by atoms with van der Waals surface area (Å²) < 4.78 is 0. The van der Waals surface area contributed by atoms with Crippen LogP contribution in [0.1, 0.15) is 46.5 Å². The number of carbonyl (C=O) groups is 1. The van der Waals surface area contributed by atoms with Crippen LogP contribution in [0.25, 0.3) is 0 Å². The van der Waals surface area contributed by atoms with Crippen molar-refractivity contribution >= 4 is 5.91 Å². The topological polar surface area (TPSA) is 46.3 Å². The van der Waals surface area contributed by atoms with Gasteiger partial charge in [0.25, 0.3) is 0 Å². The van der Waals surface area contributed by atoms with Gasteiger partial charge in [0.05, 0.1) is 0 Å². The maximum absolute atomic E-state index is 12.1. The number of likely N-dealkylation sites (tertiary alicyclic amines) is 1. The molecule has 3 heteroatoms. The molecule has 2 N–H and O–H groups in total. The number of carbonyl (C=O) groups excluding carboxylic acids is 1. The average Bonchev–Trinajstić information content (AvgIpc) is 2.74. The molecule has 0 aliphatic carbocycles. The highest BCUT2D eigenvalue weighted by atomic mass is 16.2. The average molecular weight is 226 g/mol. The van der Waals surface area contributed by atoms with Gasteiger partial charge in [0.2, 0.25) is 5.91 Å². The molecule has 16 heavy (non-hydrogen) atoms. The fourth-order valence-electron chi connectivity index (χ4n) is 2.43. The molecule has 0 saturated carbocycles. The van der Waals surface area contributed by atoms with Gasteiger partial charge in [-0.25, -0.2) is 0 Å². The van der Waals surface area contributed by atoms with E-state index in [2.05, 4.69) is 25.7 Å². The van der Waals surface area contributed by atoms with E-state index < -0.39 is 0 Å². The molecule has 1 saturated heterocycles. The predicted molar refractivity (Wildman–Crippen MR) is 67.0 cm³/mol. The van der Waals surface area contributed by atoms with Crippen LogP contribution in [0.15, 0.2) is 0 Å². The second kappa shape index (κ2) is 6.24. The first-order valence-corrected chi connectivity index (χ1v) is 6.55. The van der Waals surface area contributed by atoms with Crippen molar-refractivity contribution in [2.45, 2.75) is 52.5 Å². The van der Waals surface area contributed by atoms with Crippen LogP contribution < -0.4 is 5.73 Å². The number of nitrogens with two attached hydrogens (primary N) is 1. The van der Waals surface area contributed by atoms with Crippen LogP contribution in [0, 0.1) is 11.8 Å². The molecular weight excluding hydrogens is 200 g/mol. The Balaban J connectivity index is 2.41. The van der Waals surface area contributed by atoms with Crippen LogP contribution in [0.5, 0.6) is 0 Å². The van der Waals surface area contributed by atoms with E-state index in [1.807, 2.05) is 0 Å². The Hall–Kier alpha value is -0.570. The second-order valence-electron chi connectivity index (χ2n) is 5.42. The van der Waals surface area contributed by atoms with E-state index in [0.717, 1.165) is 13.0 Å². The van der Waals surface area contributed by atoms with Crippen LogP contribution in [0.3, 0.4) is 0 Å². The summed E-state index contributed by atoms with van der Waals surface area (Å²) in [6.07, 6.45) is 3.94. The summed E-state index contributed by atoms with van der Waals surface area (Å²) >= 11 is 0. The van der Waals surface area contributed by atoms with Crippen LogP contribution in [-0.4, -0.2) is 29.9 Å². The minimum Gasteiger partial charge on any atom is -0.339 e. The minimum absolute atomic E-state index is 0.330. The smallest absolute Gasteiger partial charge is 0.222 e. The van der Waals surface area contributed by atoms with E-state index in [-0.39, 0.29) is 0 Å². The largest absolute Gasteiger partial charge is 0.339 e. The van der Waals surface area contributed by atoms with Gasteiger partial charge in [-0.1, -0.05) is 20.8 Å². The molecule has 1 fully saturated rings. The number of rotatable bonds is 5. The van der Waals surface area contributed by atoms with Crippen LogP contribution >= 0.6 is 0 Å². The lowest BCUT2D eigenvalue weighted by Crippen LogP contribution is -2.38. The zero-order valence-electron chi connectivity index (χ0n) is 10.9. The minimum atomic E-state index is 0.330. The van der Waals surface area contributed by atoms with Gasteiger partial charge in [-0.05, 0) is 37.6 Å². The van der Waals surface area contributed by atoms with Gasteiger partial charge in [-0.2, -0.15) is 0 Å². The lowest BCUT2D eigenvalue weighted by Gasteiger charge is -2.28. The van der Waals surface area contributed by atoms with Gasteiger partial charge >= 0.3 is 0 Å². The SMILES string of the molecule is CC(CN)CCC(=O)N1CCCC1C(C)C. The van der Waals surface area contributed by atoms with Crippen molar-refractivity contribution in [1.82, 2.24) is 4.90 Å². The zero-order chi connectivity index (χ0) is 12.1. The van der Waals surface area contributed by atoms with E-state index in [1.54, 1.807) is 0 Å². The first kappa shape index (κ1) is 13.5. The number of amides is 1. The van der Waals surface area contributed by atoms with Crippen molar-refractivity contribution in [2.75, 3.05) is 13.1 Å². The Bertz CT molecular complexity index is 228. The van der Waals surface area contributed by atoms with E-state index in [4.69, 9.17) is 5.73 Å². The summed E-state index contributed by atoms with van der Waals surface area (Å²) in [6, 6.07) is 0.473. The Morgan fingerprint density at radius 3 is 2.69 bits per heavy atom. The molecule has 1 heterocycles. The third-order valence-electron chi connectivity index (χ3n) is 3.64. The standard InChI is InChI=1S/C13H26N2O/c1-10(2)12-5-4-8-15(12)13(16)7-6-11(3)9-14/h10-12H,4-9,14H2,1-3H3. The summed E-state index contributed by atoms with van der Waals surface area (Å²) in [4.78, 5) is 14.2. The van der Waals surface area contributed by atoms with Gasteiger partial charge < -0.3 is 10.6 Å². The number of hydrogen-bond acceptors (Lipinski definition) is 2. The molecule has 94 valence electrons. The van der Waals surface area contributed by atoms with Gasteiger partial charge in [0, 0.05) is 19.0 Å². The van der Waals surface area contributed by atoms with Crippen LogP contribution in [-0.2, 0) is 4.79 Å². The van der Waals surface area contributed by atoms with E-state index in [1.165, 1.54) is 12.8 Å². The quantitative estimate of drug-likeness (QED) is 0.779. The summed E-state index contributed by atoms with van der Waals surface area (Å²) in [5.41, 5.74) is 5.56. The van der Waals surface area contributed by atoms with Crippen molar-refractivity contribution in [1.29, 1.82) is 0 Å². The van der Waals surface area contributed by atoms with Gasteiger partial charge in [-0.3, -0.25) is 4.79 Å². The highest BCUT2D eigenvalue weighted by Gasteiger charge is 2.30. The predicted octanol–water partition coefficient (Wildman–Crippen LogP) is 2.01. The molecule has 0 aromatic heterocycles. The second-order valence-corrected chi connectivity index (χ2v) is 5.42. The Morgan fingerprint density at radius 1 is 1.44 bits per heavy atom. The zero-order valence-corrected chi connectivity index (χ0v) is 10.9. The van der Waals surface area contributed by atoms with Crippen LogP contribution in [0.4, 0.5) is 0 Å². The molecule has 1 aliphatic rings. The molecule has 1 amide bonds. The first-order valence-electron chi connectivity index (χ1n) is 6.55. The van der Waals surface area contributed by atoms with Crippen molar-refractivity contribution in [3.63, 3.8) is 0 Å². The molecule has 2 atom stereocenters. The van der Waals surface area contributed by atoms with E-state index in [0.29, 0.717) is 36.8 Å². The molecular formula is C13H26N2O. The summed E-state index contributed by atoms with van der Waals surface area (Å²) in [5, 5.41) is 0. The lowest BCUT2D eigenvalue weighted by atomic mass is 10.0. The first-order chi connectivity index (χ1) is 7.56. The Morgan fingerprint density at radius 2 is 2.12 bits per heavy atom. The molecule has 0 bridgehead atoms. The summed E-state index contributed by atoms with van der Waals surface area (Å²) in [7, 11) is 0. The van der Waals surface area contributed by atoms with Gasteiger partial charge in [-0.15, -0.1) is 0 Å². The monoisotopic (exact) mass is 226 g/mol. The van der Waals surface area contributed by atoms with Crippen molar-refractivity contribution in [3.05, 3.63) is 0 Å². The van der Waals surface area contributed by atoms with E-state index in [9.17, 15) is 4.79 Å². The molecule has 3 nitrogen and oxygen atoms in total. The highest BCUT2D eigenvalue weighted by Crippen LogP contribution is 2.24.